The third kappa shape index (κ3) is 0.0283. The molecular formula is C2H4N2. The minimum absolute atomic E-state index is 0.792. The van der Waals surface area contributed by atoms with Crippen LogP contribution in [0.5, 0.6) is 0 Å². The standard InChI is InChI=1S/C2H4N2/c3-2-1-4-2/h1,4H,3H2. The molecule has 0 fully saturated rings. The number of nitrogens with one attached hydrogen (secondary N) is 1. The van der Waals surface area contributed by atoms with Crippen LogP contribution in [-0.4, -0.2) is 0 Å². The average Bonchev–Trinajstić information content (AvgIpc) is 1.75. The van der Waals surface area contributed by atoms with Gasteiger partial charge in [0, 0.05) is 6.20 Å². The minimum atomic E-state index is 0.792. The Morgan fingerprint density at radius 1 is 2.00 bits per heavy atom. The van der Waals surface area contributed by atoms with Gasteiger partial charge in [-0.2, -0.15) is 0 Å². The summed E-state index contributed by atoms with van der Waals surface area (Å²) in [6.07, 6.45) is 1.74. The Kier molecular flexibility index (Phi) is 0.0914. The predicted octanol–water partition coefficient (Wildman–Crippen LogP) is -0.653. The molecule has 0 atom stereocenters. The largest absolute Gasteiger partial charge is 0.384 e. The molecule has 2 nitrogen and oxygen atoms in total. The first kappa shape index (κ1) is 1.64. The third-order valence-corrected chi connectivity index (χ3v) is 0.311. The predicted molar refractivity (Wildman–Crippen MR) is 15.4 cm³/mol. The molecule has 0 amide bonds. The van der Waals surface area contributed by atoms with Crippen LogP contribution in [0.1, 0.15) is 0 Å². The molecule has 0 aromatic heterocycles. The van der Waals surface area contributed by atoms with Crippen LogP contribution in [0, 0.1) is 0 Å². The zero-order valence-corrected chi connectivity index (χ0v) is 2.15. The maximum atomic E-state index is 4.97. The van der Waals surface area contributed by atoms with Gasteiger partial charge < -0.3 is 11.1 Å². The highest BCUT2D eigenvalue weighted by atomic mass is 15.1. The summed E-state index contributed by atoms with van der Waals surface area (Å²) in [5.41, 5.74) is 4.97. The van der Waals surface area contributed by atoms with Crippen LogP contribution >= 0.6 is 0 Å². The molecule has 0 aliphatic carbocycles. The molecule has 2 heteroatoms. The summed E-state index contributed by atoms with van der Waals surface area (Å²) in [5.74, 6) is 0.792. The van der Waals surface area contributed by atoms with Crippen molar-refractivity contribution in [3.05, 3.63) is 12.0 Å². The van der Waals surface area contributed by atoms with Gasteiger partial charge >= 0.3 is 0 Å². The van der Waals surface area contributed by atoms with Crippen molar-refractivity contribution in [1.29, 1.82) is 0 Å². The minimum Gasteiger partial charge on any atom is -0.384 e. The molecule has 0 spiro atoms. The van der Waals surface area contributed by atoms with Crippen molar-refractivity contribution in [3.63, 3.8) is 0 Å². The van der Waals surface area contributed by atoms with E-state index in [4.69, 9.17) is 5.73 Å². The zero-order chi connectivity index (χ0) is 2.99. The molecule has 22 valence electrons. The Morgan fingerprint density at radius 3 is 2.25 bits per heavy atom. The van der Waals surface area contributed by atoms with Gasteiger partial charge in [-0.15, -0.1) is 0 Å². The smallest absolute Gasteiger partial charge is 0.117 e. The highest BCUT2D eigenvalue weighted by molar-refractivity contribution is 5.10. The van der Waals surface area contributed by atoms with E-state index >= 15 is 0 Å². The Balaban J connectivity index is 2.54. The lowest BCUT2D eigenvalue weighted by Gasteiger charge is -1.56. The summed E-state index contributed by atoms with van der Waals surface area (Å²) >= 11 is 0. The maximum Gasteiger partial charge on any atom is 0.117 e. The monoisotopic (exact) mass is 56.0 g/mol. The first-order valence-corrected chi connectivity index (χ1v) is 1.12. The van der Waals surface area contributed by atoms with E-state index in [1.807, 2.05) is 0 Å². The van der Waals surface area contributed by atoms with Gasteiger partial charge in [0.1, 0.15) is 5.82 Å². The molecule has 0 saturated heterocycles. The molecule has 0 radical (unpaired) electrons. The lowest BCUT2D eigenvalue weighted by molar-refractivity contribution is 1.27. The van der Waals surface area contributed by atoms with Crippen molar-refractivity contribution in [2.45, 2.75) is 0 Å². The maximum absolute atomic E-state index is 4.97. The van der Waals surface area contributed by atoms with Crippen LogP contribution in [-0.2, 0) is 0 Å². The van der Waals surface area contributed by atoms with Crippen molar-refractivity contribution >= 4 is 0 Å². The summed E-state index contributed by atoms with van der Waals surface area (Å²) < 4.78 is 0. The molecule has 0 aromatic carbocycles. The van der Waals surface area contributed by atoms with E-state index in [0.717, 1.165) is 5.82 Å². The molecule has 0 unspecified atom stereocenters. The fourth-order valence-corrected chi connectivity index (χ4v) is 0.0417. The Morgan fingerprint density at radius 2 is 2.25 bits per heavy atom. The van der Waals surface area contributed by atoms with Gasteiger partial charge in [-0.3, -0.25) is 0 Å². The molecule has 1 rings (SSSR count). The lowest BCUT2D eigenvalue weighted by Crippen LogP contribution is -1.88. The van der Waals surface area contributed by atoms with E-state index < -0.39 is 0 Å². The SMILES string of the molecule is NC1=CN1. The van der Waals surface area contributed by atoms with Crippen molar-refractivity contribution in [1.82, 2.24) is 5.32 Å². The van der Waals surface area contributed by atoms with Gasteiger partial charge in [0.15, 0.2) is 0 Å². The summed E-state index contributed by atoms with van der Waals surface area (Å²) in [4.78, 5) is 0. The Labute approximate surface area is 24.3 Å². The highest BCUT2D eigenvalue weighted by Gasteiger charge is 1.92. The quantitative estimate of drug-likeness (QED) is 0.387. The summed E-state index contributed by atoms with van der Waals surface area (Å²) in [5, 5.41) is 2.67. The molecule has 0 saturated carbocycles. The van der Waals surface area contributed by atoms with Crippen LogP contribution < -0.4 is 11.1 Å². The van der Waals surface area contributed by atoms with Crippen molar-refractivity contribution < 1.29 is 0 Å². The van der Waals surface area contributed by atoms with Crippen molar-refractivity contribution in [2.24, 2.45) is 5.73 Å². The number of hydrogen-bond acceptors (Lipinski definition) is 2. The van der Waals surface area contributed by atoms with Gasteiger partial charge in [0.05, 0.1) is 0 Å². The van der Waals surface area contributed by atoms with E-state index in [1.54, 1.807) is 6.20 Å². The van der Waals surface area contributed by atoms with Crippen LogP contribution in [0.15, 0.2) is 12.0 Å². The zero-order valence-electron chi connectivity index (χ0n) is 2.15. The van der Waals surface area contributed by atoms with Gasteiger partial charge in [-0.05, 0) is 0 Å². The first-order chi connectivity index (χ1) is 1.89. The Bertz CT molecular complexity index is 55.1. The number of nitrogens with two attached hydrogens (primary N) is 1. The fourth-order valence-electron chi connectivity index (χ4n) is 0.0417. The second-order valence-electron chi connectivity index (χ2n) is 0.744. The average molecular weight is 56.1 g/mol. The first-order valence-electron chi connectivity index (χ1n) is 1.12. The van der Waals surface area contributed by atoms with Crippen LogP contribution in [0.4, 0.5) is 0 Å². The number of rotatable bonds is 0. The molecule has 3 N–H and O–H groups in total. The normalized spacial score (nSPS) is 17.5. The molecule has 0 aromatic rings. The van der Waals surface area contributed by atoms with Crippen LogP contribution in [0.3, 0.4) is 0 Å². The van der Waals surface area contributed by atoms with Gasteiger partial charge in [-0.1, -0.05) is 0 Å². The fraction of sp³-hybridized carbons (Fsp3) is 0. The van der Waals surface area contributed by atoms with Crippen LogP contribution in [0.25, 0.3) is 0 Å². The van der Waals surface area contributed by atoms with Crippen molar-refractivity contribution in [2.75, 3.05) is 0 Å². The van der Waals surface area contributed by atoms with Crippen LogP contribution in [0.2, 0.25) is 0 Å². The second-order valence-corrected chi connectivity index (χ2v) is 0.744. The summed E-state index contributed by atoms with van der Waals surface area (Å²) in [7, 11) is 0. The molecule has 1 aliphatic rings. The second kappa shape index (κ2) is 0.223. The molecule has 1 heterocycles. The third-order valence-electron chi connectivity index (χ3n) is 0.311. The van der Waals surface area contributed by atoms with E-state index in [9.17, 15) is 0 Å². The topological polar surface area (TPSA) is 48.0 Å². The molecule has 0 bridgehead atoms. The molecule has 1 aliphatic heterocycles. The van der Waals surface area contributed by atoms with E-state index in [-0.39, 0.29) is 0 Å². The Hall–Kier alpha value is -0.660. The lowest BCUT2D eigenvalue weighted by atomic mass is 11.1. The highest BCUT2D eigenvalue weighted by Crippen LogP contribution is 1.84. The van der Waals surface area contributed by atoms with Crippen molar-refractivity contribution in [3.8, 4) is 0 Å². The van der Waals surface area contributed by atoms with Gasteiger partial charge in [0.2, 0.25) is 0 Å². The van der Waals surface area contributed by atoms with Gasteiger partial charge in [-0.25, -0.2) is 0 Å². The van der Waals surface area contributed by atoms with E-state index in [1.165, 1.54) is 0 Å². The van der Waals surface area contributed by atoms with Gasteiger partial charge in [0.25, 0.3) is 0 Å². The summed E-state index contributed by atoms with van der Waals surface area (Å²) in [6.45, 7) is 0. The number of hydrogen-bond donors (Lipinski definition) is 2. The van der Waals surface area contributed by atoms with E-state index in [0.29, 0.717) is 0 Å². The van der Waals surface area contributed by atoms with E-state index in [2.05, 4.69) is 5.32 Å². The summed E-state index contributed by atoms with van der Waals surface area (Å²) in [6, 6.07) is 0. The molecule has 4 heavy (non-hydrogen) atoms. The molecular weight excluding hydrogens is 52.0 g/mol.